The van der Waals surface area contributed by atoms with Crippen LogP contribution in [0.25, 0.3) is 10.2 Å². The van der Waals surface area contributed by atoms with E-state index >= 15 is 0 Å². The van der Waals surface area contributed by atoms with Crippen molar-refractivity contribution in [3.05, 3.63) is 61.5 Å². The maximum atomic E-state index is 12.9. The third-order valence-electron chi connectivity index (χ3n) is 4.18. The molecular formula is C18H20N2OS2. The second-order valence-corrected chi connectivity index (χ2v) is 7.28. The summed E-state index contributed by atoms with van der Waals surface area (Å²) in [5, 5.41) is 0.823. The number of hydrogen-bond acceptors (Lipinski definition) is 3. The molecule has 0 fully saturated rings. The highest BCUT2D eigenvalue weighted by Crippen LogP contribution is 2.27. The zero-order valence-electron chi connectivity index (χ0n) is 13.4. The van der Waals surface area contributed by atoms with Gasteiger partial charge in [-0.15, -0.1) is 11.3 Å². The molecule has 3 nitrogen and oxygen atoms in total. The summed E-state index contributed by atoms with van der Waals surface area (Å²) in [5.41, 5.74) is 2.49. The number of aryl methyl sites for hydroxylation is 3. The lowest BCUT2D eigenvalue weighted by Crippen LogP contribution is -2.22. The van der Waals surface area contributed by atoms with Crippen LogP contribution < -0.4 is 5.56 Å². The van der Waals surface area contributed by atoms with Crippen LogP contribution in [0.15, 0.2) is 35.1 Å². The molecule has 0 aliphatic rings. The molecule has 0 unspecified atom stereocenters. The molecule has 0 amide bonds. The number of nitrogens with zero attached hydrogens (tertiary/aromatic N) is 1. The zero-order chi connectivity index (χ0) is 16.4. The van der Waals surface area contributed by atoms with Gasteiger partial charge in [0.2, 0.25) is 0 Å². The van der Waals surface area contributed by atoms with Crippen molar-refractivity contribution in [2.75, 3.05) is 0 Å². The minimum absolute atomic E-state index is 0.0537. The van der Waals surface area contributed by atoms with Crippen LogP contribution in [-0.4, -0.2) is 9.55 Å². The van der Waals surface area contributed by atoms with E-state index in [1.807, 2.05) is 18.2 Å². The summed E-state index contributed by atoms with van der Waals surface area (Å²) >= 11 is 7.03. The molecule has 3 rings (SSSR count). The number of aromatic amines is 1. The van der Waals surface area contributed by atoms with Gasteiger partial charge in [-0.2, -0.15) is 0 Å². The van der Waals surface area contributed by atoms with Crippen LogP contribution >= 0.6 is 23.6 Å². The van der Waals surface area contributed by atoms with E-state index in [-0.39, 0.29) is 5.56 Å². The Morgan fingerprint density at radius 3 is 2.70 bits per heavy atom. The molecule has 0 atom stereocenters. The van der Waals surface area contributed by atoms with E-state index in [0.29, 0.717) is 11.3 Å². The van der Waals surface area contributed by atoms with Crippen molar-refractivity contribution in [2.24, 2.45) is 0 Å². The molecule has 1 aromatic carbocycles. The lowest BCUT2D eigenvalue weighted by molar-refractivity contribution is 0.609. The Hall–Kier alpha value is -1.72. The molecule has 0 radical (unpaired) electrons. The Kier molecular flexibility index (Phi) is 4.78. The smallest absolute Gasteiger partial charge is 0.263 e. The Morgan fingerprint density at radius 2 is 2.00 bits per heavy atom. The van der Waals surface area contributed by atoms with Gasteiger partial charge in [-0.3, -0.25) is 9.36 Å². The first-order valence-corrected chi connectivity index (χ1v) is 9.13. The third kappa shape index (κ3) is 3.16. The number of thiophene rings is 1. The van der Waals surface area contributed by atoms with Crippen molar-refractivity contribution in [3.63, 3.8) is 0 Å². The van der Waals surface area contributed by atoms with E-state index in [1.54, 1.807) is 15.9 Å². The van der Waals surface area contributed by atoms with Gasteiger partial charge in [-0.1, -0.05) is 37.3 Å². The molecule has 0 saturated carbocycles. The molecular weight excluding hydrogens is 324 g/mol. The van der Waals surface area contributed by atoms with Crippen molar-refractivity contribution in [1.82, 2.24) is 9.55 Å². The van der Waals surface area contributed by atoms with Gasteiger partial charge in [-0.25, -0.2) is 0 Å². The average Bonchev–Trinajstić information content (AvgIpc) is 2.86. The van der Waals surface area contributed by atoms with E-state index < -0.39 is 0 Å². The highest BCUT2D eigenvalue weighted by molar-refractivity contribution is 7.71. The number of rotatable bonds is 5. The van der Waals surface area contributed by atoms with E-state index in [9.17, 15) is 4.79 Å². The number of H-pyrrole nitrogens is 1. The number of benzene rings is 1. The summed E-state index contributed by atoms with van der Waals surface area (Å²) in [7, 11) is 0. The van der Waals surface area contributed by atoms with Gasteiger partial charge >= 0.3 is 0 Å². The highest BCUT2D eigenvalue weighted by atomic mass is 32.1. The topological polar surface area (TPSA) is 37.8 Å². The molecule has 0 spiro atoms. The molecule has 2 aromatic heterocycles. The first-order chi connectivity index (χ1) is 11.1. The Balaban J connectivity index is 1.91. The minimum Gasteiger partial charge on any atom is -0.323 e. The average molecular weight is 345 g/mol. The van der Waals surface area contributed by atoms with Gasteiger partial charge in [-0.05, 0) is 49.5 Å². The van der Waals surface area contributed by atoms with Crippen molar-refractivity contribution in [1.29, 1.82) is 0 Å². The SMILES string of the molecule is CCc1c(C)sc2[nH]c(=S)n(CCCc3ccccc3)c(=O)c12. The van der Waals surface area contributed by atoms with Crippen LogP contribution in [-0.2, 0) is 19.4 Å². The largest absolute Gasteiger partial charge is 0.323 e. The lowest BCUT2D eigenvalue weighted by Gasteiger charge is -2.07. The molecule has 120 valence electrons. The summed E-state index contributed by atoms with van der Waals surface area (Å²) in [6, 6.07) is 10.3. The summed E-state index contributed by atoms with van der Waals surface area (Å²) in [4.78, 5) is 18.2. The number of nitrogens with one attached hydrogen (secondary N) is 1. The molecule has 5 heteroatoms. The van der Waals surface area contributed by atoms with Crippen LogP contribution in [0, 0.1) is 11.7 Å². The predicted molar refractivity (Wildman–Crippen MR) is 100 cm³/mol. The molecule has 0 bridgehead atoms. The van der Waals surface area contributed by atoms with Crippen LogP contribution in [0.1, 0.15) is 29.3 Å². The Labute approximate surface area is 144 Å². The standard InChI is InChI=1S/C18H20N2OS2/c1-3-14-12(2)23-16-15(14)17(21)20(18(22)19-16)11-7-10-13-8-5-4-6-9-13/h4-6,8-9H,3,7,10-11H2,1-2H3,(H,19,22). The van der Waals surface area contributed by atoms with E-state index in [1.165, 1.54) is 10.4 Å². The van der Waals surface area contributed by atoms with Crippen molar-refractivity contribution >= 4 is 33.8 Å². The number of aromatic nitrogens is 2. The lowest BCUT2D eigenvalue weighted by atomic mass is 10.1. The van der Waals surface area contributed by atoms with Gasteiger partial charge in [0.05, 0.1) is 5.39 Å². The number of fused-ring (bicyclic) bond motifs is 1. The van der Waals surface area contributed by atoms with E-state index in [0.717, 1.165) is 35.0 Å². The van der Waals surface area contributed by atoms with Gasteiger partial charge in [0.1, 0.15) is 4.83 Å². The molecule has 0 aliphatic heterocycles. The van der Waals surface area contributed by atoms with Crippen molar-refractivity contribution in [2.45, 2.75) is 39.7 Å². The monoisotopic (exact) mass is 344 g/mol. The van der Waals surface area contributed by atoms with Gasteiger partial charge in [0, 0.05) is 11.4 Å². The molecule has 3 aromatic rings. The van der Waals surface area contributed by atoms with Crippen LogP contribution in [0.2, 0.25) is 0 Å². The summed E-state index contributed by atoms with van der Waals surface area (Å²) in [5.74, 6) is 0. The predicted octanol–water partition coefficient (Wildman–Crippen LogP) is 4.62. The first kappa shape index (κ1) is 16.1. The van der Waals surface area contributed by atoms with Crippen LogP contribution in [0.3, 0.4) is 0 Å². The number of hydrogen-bond donors (Lipinski definition) is 1. The zero-order valence-corrected chi connectivity index (χ0v) is 15.0. The maximum Gasteiger partial charge on any atom is 0.263 e. The fraction of sp³-hybridized carbons (Fsp3) is 0.333. The van der Waals surface area contributed by atoms with Crippen molar-refractivity contribution in [3.8, 4) is 0 Å². The van der Waals surface area contributed by atoms with E-state index in [4.69, 9.17) is 12.2 Å². The molecule has 1 N–H and O–H groups in total. The molecule has 0 saturated heterocycles. The van der Waals surface area contributed by atoms with Crippen LogP contribution in [0.4, 0.5) is 0 Å². The normalized spacial score (nSPS) is 11.2. The van der Waals surface area contributed by atoms with Crippen molar-refractivity contribution < 1.29 is 0 Å². The maximum absolute atomic E-state index is 12.9. The van der Waals surface area contributed by atoms with Gasteiger partial charge in [0.25, 0.3) is 5.56 Å². The van der Waals surface area contributed by atoms with Crippen LogP contribution in [0.5, 0.6) is 0 Å². The van der Waals surface area contributed by atoms with Gasteiger partial charge < -0.3 is 4.98 Å². The van der Waals surface area contributed by atoms with E-state index in [2.05, 4.69) is 31.0 Å². The second-order valence-electron chi connectivity index (χ2n) is 5.67. The summed E-state index contributed by atoms with van der Waals surface area (Å²) in [6.07, 6.45) is 2.72. The summed E-state index contributed by atoms with van der Waals surface area (Å²) in [6.45, 7) is 4.81. The highest BCUT2D eigenvalue weighted by Gasteiger charge is 2.14. The van der Waals surface area contributed by atoms with Gasteiger partial charge in [0.15, 0.2) is 4.77 Å². The third-order valence-corrected chi connectivity index (χ3v) is 5.56. The fourth-order valence-electron chi connectivity index (χ4n) is 3.00. The Bertz CT molecular complexity index is 935. The quantitative estimate of drug-likeness (QED) is 0.686. The second kappa shape index (κ2) is 6.81. The minimum atomic E-state index is 0.0537. The summed E-state index contributed by atoms with van der Waals surface area (Å²) < 4.78 is 2.24. The Morgan fingerprint density at radius 1 is 1.26 bits per heavy atom. The molecule has 2 heterocycles. The molecule has 0 aliphatic carbocycles. The first-order valence-electron chi connectivity index (χ1n) is 7.90. The fourth-order valence-corrected chi connectivity index (χ4v) is 4.48. The molecule has 23 heavy (non-hydrogen) atoms.